The van der Waals surface area contributed by atoms with E-state index in [9.17, 15) is 13.2 Å². The highest BCUT2D eigenvalue weighted by Gasteiger charge is 2.19. The van der Waals surface area contributed by atoms with Gasteiger partial charge in [-0.1, -0.05) is 13.0 Å². The van der Waals surface area contributed by atoms with E-state index in [2.05, 4.69) is 5.32 Å². The molecular formula is C19H23NO4S. The number of nitrogens with one attached hydrogen (secondary N) is 1. The van der Waals surface area contributed by atoms with Gasteiger partial charge in [0.05, 0.1) is 16.8 Å². The van der Waals surface area contributed by atoms with Crippen molar-refractivity contribution in [2.45, 2.75) is 37.3 Å². The van der Waals surface area contributed by atoms with Crippen LogP contribution < -0.4 is 10.1 Å². The van der Waals surface area contributed by atoms with Crippen molar-refractivity contribution in [3.8, 4) is 5.75 Å². The summed E-state index contributed by atoms with van der Waals surface area (Å²) in [7, 11) is -3.34. The van der Waals surface area contributed by atoms with Gasteiger partial charge in [0, 0.05) is 17.3 Å². The molecule has 0 fully saturated rings. The second-order valence-electron chi connectivity index (χ2n) is 5.95. The predicted octanol–water partition coefficient (Wildman–Crippen LogP) is 3.91. The fourth-order valence-electron chi connectivity index (χ4n) is 2.15. The normalized spacial score (nSPS) is 11.4. The quantitative estimate of drug-likeness (QED) is 0.811. The monoisotopic (exact) mass is 361 g/mol. The summed E-state index contributed by atoms with van der Waals surface area (Å²) in [5.74, 6) is 0.388. The molecule has 0 aromatic heterocycles. The minimum absolute atomic E-state index is 0.217. The van der Waals surface area contributed by atoms with Crippen LogP contribution in [0, 0.1) is 0 Å². The Morgan fingerprint density at radius 1 is 1.12 bits per heavy atom. The zero-order valence-electron chi connectivity index (χ0n) is 14.7. The van der Waals surface area contributed by atoms with Crippen molar-refractivity contribution in [1.29, 1.82) is 0 Å². The maximum absolute atomic E-state index is 12.3. The summed E-state index contributed by atoms with van der Waals surface area (Å²) >= 11 is 0. The van der Waals surface area contributed by atoms with Crippen LogP contribution in [-0.4, -0.2) is 26.2 Å². The van der Waals surface area contributed by atoms with E-state index < -0.39 is 15.1 Å². The fourth-order valence-corrected chi connectivity index (χ4v) is 3.21. The lowest BCUT2D eigenvalue weighted by Gasteiger charge is -2.10. The molecule has 0 heterocycles. The Morgan fingerprint density at radius 3 is 2.40 bits per heavy atom. The van der Waals surface area contributed by atoms with Crippen molar-refractivity contribution in [2.24, 2.45) is 0 Å². The van der Waals surface area contributed by atoms with Gasteiger partial charge in [-0.15, -0.1) is 0 Å². The molecule has 0 saturated heterocycles. The van der Waals surface area contributed by atoms with Gasteiger partial charge >= 0.3 is 0 Å². The first-order chi connectivity index (χ1) is 11.8. The van der Waals surface area contributed by atoms with E-state index in [-0.39, 0.29) is 10.8 Å². The molecule has 0 unspecified atom stereocenters. The fraction of sp³-hybridized carbons (Fsp3) is 0.316. The second kappa shape index (κ2) is 8.16. The summed E-state index contributed by atoms with van der Waals surface area (Å²) in [6.45, 7) is 5.89. The number of ether oxygens (including phenoxy) is 1. The van der Waals surface area contributed by atoms with Crippen molar-refractivity contribution in [2.75, 3.05) is 11.9 Å². The molecule has 0 bridgehead atoms. The van der Waals surface area contributed by atoms with Crippen molar-refractivity contribution < 1.29 is 17.9 Å². The molecule has 0 aliphatic heterocycles. The van der Waals surface area contributed by atoms with E-state index in [4.69, 9.17) is 4.74 Å². The molecule has 134 valence electrons. The zero-order valence-corrected chi connectivity index (χ0v) is 15.5. The predicted molar refractivity (Wildman–Crippen MR) is 98.9 cm³/mol. The molecule has 5 nitrogen and oxygen atoms in total. The lowest BCUT2D eigenvalue weighted by atomic mass is 10.2. The average molecular weight is 361 g/mol. The minimum atomic E-state index is -3.34. The molecule has 2 aromatic carbocycles. The van der Waals surface area contributed by atoms with Gasteiger partial charge in [-0.25, -0.2) is 8.42 Å². The number of hydrogen-bond acceptors (Lipinski definition) is 4. The van der Waals surface area contributed by atoms with Crippen molar-refractivity contribution >= 4 is 21.4 Å². The summed E-state index contributed by atoms with van der Waals surface area (Å²) < 4.78 is 29.8. The van der Waals surface area contributed by atoms with Gasteiger partial charge in [0.15, 0.2) is 9.84 Å². The van der Waals surface area contributed by atoms with Crippen LogP contribution >= 0.6 is 0 Å². The van der Waals surface area contributed by atoms with Gasteiger partial charge in [-0.3, -0.25) is 4.79 Å². The molecule has 0 radical (unpaired) electrons. The number of carbonyl (C=O) groups is 1. The molecule has 1 N–H and O–H groups in total. The number of amides is 1. The molecule has 0 spiro atoms. The topological polar surface area (TPSA) is 72.5 Å². The number of anilines is 1. The lowest BCUT2D eigenvalue weighted by Crippen LogP contribution is -2.15. The van der Waals surface area contributed by atoms with Crippen LogP contribution in [0.2, 0.25) is 0 Å². The summed E-state index contributed by atoms with van der Waals surface area (Å²) in [5, 5.41) is 2.29. The van der Waals surface area contributed by atoms with E-state index in [0.29, 0.717) is 23.6 Å². The second-order valence-corrected chi connectivity index (χ2v) is 8.45. The van der Waals surface area contributed by atoms with Gasteiger partial charge in [0.1, 0.15) is 5.75 Å². The van der Waals surface area contributed by atoms with Crippen LogP contribution in [0.15, 0.2) is 53.4 Å². The molecule has 6 heteroatoms. The summed E-state index contributed by atoms with van der Waals surface area (Å²) in [6, 6.07) is 13.1. The van der Waals surface area contributed by atoms with Crippen LogP contribution in [0.5, 0.6) is 5.75 Å². The van der Waals surface area contributed by atoms with Gasteiger partial charge in [0.2, 0.25) is 0 Å². The minimum Gasteiger partial charge on any atom is -0.494 e. The molecule has 0 aliphatic rings. The van der Waals surface area contributed by atoms with Crippen LogP contribution in [0.4, 0.5) is 5.69 Å². The molecule has 25 heavy (non-hydrogen) atoms. The average Bonchev–Trinajstić information content (AvgIpc) is 2.60. The molecule has 1 amide bonds. The molecule has 2 rings (SSSR count). The van der Waals surface area contributed by atoms with Crippen molar-refractivity contribution in [1.82, 2.24) is 0 Å². The summed E-state index contributed by atoms with van der Waals surface area (Å²) in [4.78, 5) is 12.5. The van der Waals surface area contributed by atoms with E-state index in [1.807, 2.05) is 13.0 Å². The van der Waals surface area contributed by atoms with Crippen molar-refractivity contribution in [3.63, 3.8) is 0 Å². The first-order valence-corrected chi connectivity index (χ1v) is 9.77. The third-order valence-electron chi connectivity index (χ3n) is 3.63. The summed E-state index contributed by atoms with van der Waals surface area (Å²) in [6.07, 6.45) is 0.905. The number of sulfone groups is 1. The Kier molecular flexibility index (Phi) is 6.20. The first-order valence-electron chi connectivity index (χ1n) is 8.22. The Labute approximate surface area is 148 Å². The maximum atomic E-state index is 12.3. The maximum Gasteiger partial charge on any atom is 0.255 e. The molecular weight excluding hydrogens is 338 g/mol. The largest absolute Gasteiger partial charge is 0.494 e. The van der Waals surface area contributed by atoms with E-state index in [1.165, 1.54) is 24.3 Å². The van der Waals surface area contributed by atoms with Gasteiger partial charge < -0.3 is 10.1 Å². The highest BCUT2D eigenvalue weighted by molar-refractivity contribution is 7.92. The third kappa shape index (κ3) is 4.82. The Bertz CT molecular complexity index is 827. The highest BCUT2D eigenvalue weighted by atomic mass is 32.2. The first kappa shape index (κ1) is 19.0. The molecule has 2 aromatic rings. The standard InChI is InChI=1S/C19H23NO4S/c1-4-12-24-17-7-5-6-16(13-17)20-19(21)15-8-10-18(11-9-15)25(22,23)14(2)3/h5-11,13-14H,4,12H2,1-3H3,(H,20,21). The lowest BCUT2D eigenvalue weighted by molar-refractivity contribution is 0.102. The smallest absolute Gasteiger partial charge is 0.255 e. The van der Waals surface area contributed by atoms with E-state index in [1.54, 1.807) is 32.0 Å². The molecule has 0 saturated carbocycles. The highest BCUT2D eigenvalue weighted by Crippen LogP contribution is 2.20. The SMILES string of the molecule is CCCOc1cccc(NC(=O)c2ccc(S(=O)(=O)C(C)C)cc2)c1. The van der Waals surface area contributed by atoms with Crippen LogP contribution in [0.1, 0.15) is 37.6 Å². The number of hydrogen-bond donors (Lipinski definition) is 1. The Hall–Kier alpha value is -2.34. The number of carbonyl (C=O) groups excluding carboxylic acids is 1. The van der Waals surface area contributed by atoms with Gasteiger partial charge in [-0.05, 0) is 56.7 Å². The third-order valence-corrected chi connectivity index (χ3v) is 5.80. The molecule has 0 atom stereocenters. The van der Waals surface area contributed by atoms with Crippen LogP contribution in [0.25, 0.3) is 0 Å². The van der Waals surface area contributed by atoms with Gasteiger partial charge in [0.25, 0.3) is 5.91 Å². The Morgan fingerprint density at radius 2 is 1.80 bits per heavy atom. The van der Waals surface area contributed by atoms with Crippen LogP contribution in [0.3, 0.4) is 0 Å². The molecule has 0 aliphatic carbocycles. The van der Waals surface area contributed by atoms with E-state index >= 15 is 0 Å². The number of rotatable bonds is 7. The van der Waals surface area contributed by atoms with Crippen molar-refractivity contribution in [3.05, 3.63) is 54.1 Å². The zero-order chi connectivity index (χ0) is 18.4. The number of benzene rings is 2. The van der Waals surface area contributed by atoms with Gasteiger partial charge in [-0.2, -0.15) is 0 Å². The van der Waals surface area contributed by atoms with Crippen LogP contribution in [-0.2, 0) is 9.84 Å². The summed E-state index contributed by atoms with van der Waals surface area (Å²) in [5.41, 5.74) is 1.01. The Balaban J connectivity index is 2.11. The van der Waals surface area contributed by atoms with E-state index in [0.717, 1.165) is 6.42 Å².